The van der Waals surface area contributed by atoms with Gasteiger partial charge in [0, 0.05) is 19.3 Å². The van der Waals surface area contributed by atoms with Crippen molar-refractivity contribution in [2.45, 2.75) is 290 Å². The molecule has 6 heteroatoms. The molecule has 0 aliphatic heterocycles. The molecule has 0 atom stereocenters. The molecule has 0 spiro atoms. The second-order valence-electron chi connectivity index (χ2n) is 17.4. The van der Waals surface area contributed by atoms with E-state index < -0.39 is 0 Å². The number of allylic oxidation sites excluding steroid dienone is 4. The van der Waals surface area contributed by atoms with Gasteiger partial charge >= 0.3 is 17.9 Å². The minimum absolute atomic E-state index is 0.0651. The minimum atomic E-state index is -0.0827. The Morgan fingerprint density at radius 3 is 0.721 bits per heavy atom. The molecule has 0 aromatic rings. The molecule has 0 saturated carbocycles. The topological polar surface area (TPSA) is 78.9 Å². The highest BCUT2D eigenvalue weighted by atomic mass is 16.5. The van der Waals surface area contributed by atoms with E-state index in [4.69, 9.17) is 0 Å². The van der Waals surface area contributed by atoms with Crippen molar-refractivity contribution in [3.8, 4) is 0 Å². The fourth-order valence-corrected chi connectivity index (χ4v) is 7.31. The summed E-state index contributed by atoms with van der Waals surface area (Å²) in [6.07, 6.45) is 62.0. The smallest absolute Gasteiger partial charge is 0.305 e. The number of unbranched alkanes of at least 4 members (excludes halogenated alkanes) is 34. The van der Waals surface area contributed by atoms with Crippen LogP contribution in [0.3, 0.4) is 0 Å². The predicted octanol–water partition coefficient (Wildman–Crippen LogP) is 18.0. The molecule has 0 bridgehead atoms. The summed E-state index contributed by atoms with van der Waals surface area (Å²) in [5.41, 5.74) is 0. The quantitative estimate of drug-likeness (QED) is 0.0263. The molecule has 0 aromatic carbocycles. The van der Waals surface area contributed by atoms with E-state index in [2.05, 4.69) is 59.3 Å². The standard InChI is InChI=1S/C19H38O2.C19H34O2.C17H34O2/c2*1-3-4-5-6-7-8-9-10-11-12-13-14-15-16-17-18-19(20)21-2;1-3-4-5-6-7-8-9-10-11-12-13-14-15-16-17(18)19-2/h3-18H2,1-2H3;7-8,10-11H,3-6,9,12-18H2,1-2H3;3-16H2,1-2H3/b;8-7+,11-10+;. The van der Waals surface area contributed by atoms with Crippen molar-refractivity contribution >= 4 is 17.9 Å². The van der Waals surface area contributed by atoms with E-state index in [-0.39, 0.29) is 17.9 Å². The van der Waals surface area contributed by atoms with Crippen LogP contribution in [0.1, 0.15) is 290 Å². The van der Waals surface area contributed by atoms with Crippen molar-refractivity contribution in [1.82, 2.24) is 0 Å². The molecular weight excluding hydrogens is 757 g/mol. The third-order valence-corrected chi connectivity index (χ3v) is 11.5. The van der Waals surface area contributed by atoms with Gasteiger partial charge in [0.2, 0.25) is 0 Å². The molecule has 362 valence electrons. The number of carbonyl (C=O) groups excluding carboxylic acids is 3. The average Bonchev–Trinajstić information content (AvgIpc) is 3.28. The van der Waals surface area contributed by atoms with Crippen molar-refractivity contribution in [2.75, 3.05) is 21.3 Å². The third kappa shape index (κ3) is 64.6. The zero-order valence-electron chi connectivity index (χ0n) is 42.0. The highest BCUT2D eigenvalue weighted by Crippen LogP contribution is 2.15. The number of ether oxygens (including phenoxy) is 3. The van der Waals surface area contributed by atoms with E-state index in [1.807, 2.05) is 0 Å². The molecule has 0 fully saturated rings. The van der Waals surface area contributed by atoms with Crippen LogP contribution in [0.15, 0.2) is 24.3 Å². The van der Waals surface area contributed by atoms with Gasteiger partial charge in [-0.15, -0.1) is 0 Å². The van der Waals surface area contributed by atoms with Gasteiger partial charge < -0.3 is 14.2 Å². The first-order chi connectivity index (χ1) is 29.9. The van der Waals surface area contributed by atoms with Crippen molar-refractivity contribution in [2.24, 2.45) is 0 Å². The summed E-state index contributed by atoms with van der Waals surface area (Å²) in [5.74, 6) is -0.214. The molecule has 0 rings (SSSR count). The lowest BCUT2D eigenvalue weighted by Crippen LogP contribution is -1.99. The molecule has 0 amide bonds. The molecule has 0 aliphatic rings. The molecule has 0 aliphatic carbocycles. The van der Waals surface area contributed by atoms with Crippen LogP contribution in [0.5, 0.6) is 0 Å². The number of carbonyl (C=O) groups is 3. The summed E-state index contributed by atoms with van der Waals surface area (Å²) in [7, 11) is 4.38. The Morgan fingerprint density at radius 1 is 0.279 bits per heavy atom. The Kier molecular flexibility index (Phi) is 62.1. The van der Waals surface area contributed by atoms with Crippen LogP contribution in [0.2, 0.25) is 0 Å². The summed E-state index contributed by atoms with van der Waals surface area (Å²) in [5, 5.41) is 0. The first kappa shape index (κ1) is 63.2. The Hall–Kier alpha value is -2.11. The SMILES string of the molecule is CCCCC/C=C/C/C=C/CCCCCCCC(=O)OC.CCCCCCCCCCCCCCCC(=O)OC.CCCCCCCCCCCCCCCCCC(=O)OC. The highest BCUT2D eigenvalue weighted by Gasteiger charge is 2.01. The first-order valence-electron chi connectivity index (χ1n) is 26.4. The van der Waals surface area contributed by atoms with Gasteiger partial charge in [-0.1, -0.05) is 244 Å². The third-order valence-electron chi connectivity index (χ3n) is 11.5. The molecule has 6 nitrogen and oxygen atoms in total. The van der Waals surface area contributed by atoms with Gasteiger partial charge in [0.15, 0.2) is 0 Å². The molecule has 0 N–H and O–H groups in total. The second-order valence-corrected chi connectivity index (χ2v) is 17.4. The van der Waals surface area contributed by atoms with Gasteiger partial charge in [-0.05, 0) is 51.4 Å². The summed E-state index contributed by atoms with van der Waals surface area (Å²) >= 11 is 0. The molecule has 61 heavy (non-hydrogen) atoms. The van der Waals surface area contributed by atoms with Gasteiger partial charge in [-0.2, -0.15) is 0 Å². The van der Waals surface area contributed by atoms with Crippen LogP contribution >= 0.6 is 0 Å². The van der Waals surface area contributed by atoms with Crippen LogP contribution in [0.25, 0.3) is 0 Å². The van der Waals surface area contributed by atoms with E-state index in [1.54, 1.807) is 0 Å². The van der Waals surface area contributed by atoms with Gasteiger partial charge in [0.05, 0.1) is 21.3 Å². The average molecular weight is 863 g/mol. The van der Waals surface area contributed by atoms with Gasteiger partial charge in [0.1, 0.15) is 0 Å². The lowest BCUT2D eigenvalue weighted by Gasteiger charge is -2.03. The maximum absolute atomic E-state index is 10.9. The maximum atomic E-state index is 10.9. The second kappa shape index (κ2) is 60.0. The van der Waals surface area contributed by atoms with E-state index in [0.717, 1.165) is 32.1 Å². The fourth-order valence-electron chi connectivity index (χ4n) is 7.31. The van der Waals surface area contributed by atoms with Crippen molar-refractivity contribution in [1.29, 1.82) is 0 Å². The van der Waals surface area contributed by atoms with E-state index in [9.17, 15) is 14.4 Å². The van der Waals surface area contributed by atoms with Gasteiger partial charge in [0.25, 0.3) is 0 Å². The fraction of sp³-hybridized carbons (Fsp3) is 0.873. The van der Waals surface area contributed by atoms with E-state index in [0.29, 0.717) is 19.3 Å². The maximum Gasteiger partial charge on any atom is 0.305 e. The number of esters is 3. The largest absolute Gasteiger partial charge is 0.469 e. The molecule has 0 saturated heterocycles. The zero-order valence-corrected chi connectivity index (χ0v) is 42.0. The van der Waals surface area contributed by atoms with Crippen LogP contribution < -0.4 is 0 Å². The normalized spacial score (nSPS) is 11.0. The number of hydrogen-bond acceptors (Lipinski definition) is 6. The zero-order chi connectivity index (χ0) is 45.4. The highest BCUT2D eigenvalue weighted by molar-refractivity contribution is 5.69. The van der Waals surface area contributed by atoms with E-state index in [1.165, 1.54) is 240 Å². The van der Waals surface area contributed by atoms with Crippen molar-refractivity contribution in [3.05, 3.63) is 24.3 Å². The predicted molar refractivity (Wildman–Crippen MR) is 265 cm³/mol. The van der Waals surface area contributed by atoms with Crippen LogP contribution in [-0.2, 0) is 28.6 Å². The first-order valence-corrected chi connectivity index (χ1v) is 26.4. The van der Waals surface area contributed by atoms with Crippen LogP contribution in [0.4, 0.5) is 0 Å². The lowest BCUT2D eigenvalue weighted by atomic mass is 10.0. The van der Waals surface area contributed by atoms with Gasteiger partial charge in [-0.25, -0.2) is 0 Å². The number of hydrogen-bond donors (Lipinski definition) is 0. The Morgan fingerprint density at radius 2 is 0.475 bits per heavy atom. The summed E-state index contributed by atoms with van der Waals surface area (Å²) in [4.78, 5) is 32.7. The number of methoxy groups -OCH3 is 3. The molecular formula is C55H106O6. The van der Waals surface area contributed by atoms with Gasteiger partial charge in [-0.3, -0.25) is 14.4 Å². The number of rotatable bonds is 44. The Bertz CT molecular complexity index is 912. The van der Waals surface area contributed by atoms with Crippen LogP contribution in [0, 0.1) is 0 Å². The molecule has 0 unspecified atom stereocenters. The van der Waals surface area contributed by atoms with Crippen molar-refractivity contribution in [3.63, 3.8) is 0 Å². The lowest BCUT2D eigenvalue weighted by molar-refractivity contribution is -0.141. The Balaban J connectivity index is -0.000000829. The molecule has 0 heterocycles. The minimum Gasteiger partial charge on any atom is -0.469 e. The summed E-state index contributed by atoms with van der Waals surface area (Å²) < 4.78 is 13.9. The molecule has 0 aromatic heterocycles. The van der Waals surface area contributed by atoms with E-state index >= 15 is 0 Å². The molecule has 0 radical (unpaired) electrons. The Labute approximate surface area is 381 Å². The summed E-state index contributed by atoms with van der Waals surface area (Å²) in [6, 6.07) is 0. The monoisotopic (exact) mass is 863 g/mol. The van der Waals surface area contributed by atoms with Crippen molar-refractivity contribution < 1.29 is 28.6 Å². The summed E-state index contributed by atoms with van der Waals surface area (Å²) in [6.45, 7) is 6.79. The van der Waals surface area contributed by atoms with Crippen LogP contribution in [-0.4, -0.2) is 39.2 Å².